The number of benzene rings is 1. The fourth-order valence-corrected chi connectivity index (χ4v) is 2.61. The number of aryl methyl sites for hydroxylation is 1. The molecule has 100 valence electrons. The van der Waals surface area contributed by atoms with Crippen molar-refractivity contribution in [2.75, 3.05) is 11.9 Å². The maximum Gasteiger partial charge on any atom is 0.137 e. The third kappa shape index (κ3) is 2.54. The van der Waals surface area contributed by atoms with Crippen LogP contribution in [0.25, 0.3) is 10.9 Å². The van der Waals surface area contributed by atoms with Gasteiger partial charge < -0.3 is 10.1 Å². The second-order valence-electron chi connectivity index (χ2n) is 5.86. The average molecular weight is 257 g/mol. The molecular weight excluding hydrogens is 238 g/mol. The molecule has 1 aromatic carbocycles. The lowest BCUT2D eigenvalue weighted by atomic mass is 10.0. The van der Waals surface area contributed by atoms with Gasteiger partial charge in [0, 0.05) is 5.39 Å². The first-order chi connectivity index (χ1) is 9.03. The quantitative estimate of drug-likeness (QED) is 0.898. The zero-order valence-corrected chi connectivity index (χ0v) is 11.6. The molecule has 0 saturated carbocycles. The van der Waals surface area contributed by atoms with E-state index in [0.717, 1.165) is 29.7 Å². The highest BCUT2D eigenvalue weighted by molar-refractivity contribution is 5.89. The molecule has 19 heavy (non-hydrogen) atoms. The summed E-state index contributed by atoms with van der Waals surface area (Å²) < 4.78 is 5.76. The van der Waals surface area contributed by atoms with E-state index < -0.39 is 0 Å². The van der Waals surface area contributed by atoms with E-state index in [9.17, 15) is 0 Å². The maximum absolute atomic E-state index is 5.76. The molecule has 0 radical (unpaired) electrons. The Morgan fingerprint density at radius 3 is 2.89 bits per heavy atom. The van der Waals surface area contributed by atoms with Crippen molar-refractivity contribution in [1.29, 1.82) is 0 Å². The lowest BCUT2D eigenvalue weighted by Gasteiger charge is -2.16. The molecule has 0 amide bonds. The number of nitrogens with zero attached hydrogens (tertiary/aromatic N) is 2. The van der Waals surface area contributed by atoms with Crippen LogP contribution < -0.4 is 5.32 Å². The van der Waals surface area contributed by atoms with Crippen LogP contribution in [0.2, 0.25) is 0 Å². The van der Waals surface area contributed by atoms with Crippen LogP contribution in [0.15, 0.2) is 24.5 Å². The molecule has 1 fully saturated rings. The standard InChI is InChI=1S/C15H19N3O/c1-10-4-5-13-12(6-10)14(17-9-16-13)18-11-7-15(2,3)19-8-11/h4-6,9,11H,7-8H2,1-3H3,(H,16,17,18). The molecule has 1 aliphatic rings. The van der Waals surface area contributed by atoms with Gasteiger partial charge in [-0.05, 0) is 39.3 Å². The predicted molar refractivity (Wildman–Crippen MR) is 76.3 cm³/mol. The Kier molecular flexibility index (Phi) is 2.90. The van der Waals surface area contributed by atoms with Gasteiger partial charge in [0.2, 0.25) is 0 Å². The van der Waals surface area contributed by atoms with Crippen LogP contribution in [-0.4, -0.2) is 28.2 Å². The molecule has 1 aliphatic heterocycles. The third-order valence-electron chi connectivity index (χ3n) is 3.54. The molecule has 0 bridgehead atoms. The van der Waals surface area contributed by atoms with Gasteiger partial charge in [-0.25, -0.2) is 9.97 Å². The van der Waals surface area contributed by atoms with Crippen LogP contribution in [0.1, 0.15) is 25.8 Å². The molecule has 2 heterocycles. The third-order valence-corrected chi connectivity index (χ3v) is 3.54. The topological polar surface area (TPSA) is 47.0 Å². The van der Waals surface area contributed by atoms with Crippen molar-refractivity contribution in [3.63, 3.8) is 0 Å². The van der Waals surface area contributed by atoms with Gasteiger partial charge in [-0.1, -0.05) is 11.6 Å². The molecule has 1 saturated heterocycles. The summed E-state index contributed by atoms with van der Waals surface area (Å²) >= 11 is 0. The van der Waals surface area contributed by atoms with E-state index in [1.165, 1.54) is 5.56 Å². The summed E-state index contributed by atoms with van der Waals surface area (Å²) in [5, 5.41) is 4.57. The molecule has 2 aromatic rings. The van der Waals surface area contributed by atoms with Gasteiger partial charge in [-0.3, -0.25) is 0 Å². The minimum absolute atomic E-state index is 0.0452. The number of fused-ring (bicyclic) bond motifs is 1. The Bertz CT molecular complexity index is 609. The van der Waals surface area contributed by atoms with Gasteiger partial charge in [0.05, 0.1) is 23.8 Å². The number of hydrogen-bond donors (Lipinski definition) is 1. The maximum atomic E-state index is 5.76. The second kappa shape index (κ2) is 4.46. The van der Waals surface area contributed by atoms with E-state index in [1.807, 2.05) is 6.07 Å². The van der Waals surface area contributed by atoms with Crippen LogP contribution >= 0.6 is 0 Å². The lowest BCUT2D eigenvalue weighted by Crippen LogP contribution is -2.22. The normalized spacial score (nSPS) is 21.7. The van der Waals surface area contributed by atoms with Crippen LogP contribution in [0.4, 0.5) is 5.82 Å². The summed E-state index contributed by atoms with van der Waals surface area (Å²) in [6.45, 7) is 7.05. The zero-order valence-electron chi connectivity index (χ0n) is 11.6. The largest absolute Gasteiger partial charge is 0.373 e. The van der Waals surface area contributed by atoms with E-state index in [-0.39, 0.29) is 5.60 Å². The summed E-state index contributed by atoms with van der Waals surface area (Å²) in [5.41, 5.74) is 2.14. The van der Waals surface area contributed by atoms with Gasteiger partial charge >= 0.3 is 0 Å². The molecule has 4 nitrogen and oxygen atoms in total. The molecule has 4 heteroatoms. The number of anilines is 1. The van der Waals surface area contributed by atoms with Crippen molar-refractivity contribution in [1.82, 2.24) is 9.97 Å². The molecule has 3 rings (SSSR count). The highest BCUT2D eigenvalue weighted by atomic mass is 16.5. The van der Waals surface area contributed by atoms with E-state index in [2.05, 4.69) is 48.2 Å². The Labute approximate surface area is 113 Å². The summed E-state index contributed by atoms with van der Waals surface area (Å²) in [4.78, 5) is 8.69. The minimum Gasteiger partial charge on any atom is -0.373 e. The van der Waals surface area contributed by atoms with Crippen molar-refractivity contribution in [2.24, 2.45) is 0 Å². The van der Waals surface area contributed by atoms with Crippen molar-refractivity contribution >= 4 is 16.7 Å². The van der Waals surface area contributed by atoms with Crippen LogP contribution in [0, 0.1) is 6.92 Å². The minimum atomic E-state index is -0.0452. The number of aromatic nitrogens is 2. The summed E-state index contributed by atoms with van der Waals surface area (Å²) in [5.74, 6) is 0.903. The summed E-state index contributed by atoms with van der Waals surface area (Å²) in [6.07, 6.45) is 2.60. The molecule has 1 aromatic heterocycles. The van der Waals surface area contributed by atoms with Crippen molar-refractivity contribution in [2.45, 2.75) is 38.8 Å². The Hall–Kier alpha value is -1.68. The predicted octanol–water partition coefficient (Wildman–Crippen LogP) is 2.92. The number of nitrogens with one attached hydrogen (secondary N) is 1. The summed E-state index contributed by atoms with van der Waals surface area (Å²) in [6, 6.07) is 6.54. The Morgan fingerprint density at radius 2 is 2.16 bits per heavy atom. The first-order valence-electron chi connectivity index (χ1n) is 6.65. The van der Waals surface area contributed by atoms with Crippen molar-refractivity contribution < 1.29 is 4.74 Å². The van der Waals surface area contributed by atoms with E-state index in [1.54, 1.807) is 6.33 Å². The van der Waals surface area contributed by atoms with E-state index in [4.69, 9.17) is 4.74 Å². The van der Waals surface area contributed by atoms with Gasteiger partial charge in [0.25, 0.3) is 0 Å². The molecule has 1 N–H and O–H groups in total. The molecule has 1 unspecified atom stereocenters. The van der Waals surface area contributed by atoms with Gasteiger partial charge in [0.15, 0.2) is 0 Å². The monoisotopic (exact) mass is 257 g/mol. The number of rotatable bonds is 2. The fourth-order valence-electron chi connectivity index (χ4n) is 2.61. The lowest BCUT2D eigenvalue weighted by molar-refractivity contribution is 0.0363. The summed E-state index contributed by atoms with van der Waals surface area (Å²) in [7, 11) is 0. The number of ether oxygens (including phenoxy) is 1. The van der Waals surface area contributed by atoms with Crippen LogP contribution in [0.3, 0.4) is 0 Å². The van der Waals surface area contributed by atoms with Gasteiger partial charge in [0.1, 0.15) is 12.1 Å². The zero-order chi connectivity index (χ0) is 13.5. The van der Waals surface area contributed by atoms with Crippen LogP contribution in [0.5, 0.6) is 0 Å². The van der Waals surface area contributed by atoms with Crippen LogP contribution in [-0.2, 0) is 4.74 Å². The van der Waals surface area contributed by atoms with Crippen molar-refractivity contribution in [3.05, 3.63) is 30.1 Å². The highest BCUT2D eigenvalue weighted by Crippen LogP contribution is 2.28. The first-order valence-corrected chi connectivity index (χ1v) is 6.65. The SMILES string of the molecule is Cc1ccc2ncnc(NC3COC(C)(C)C3)c2c1. The Morgan fingerprint density at radius 1 is 1.32 bits per heavy atom. The fraction of sp³-hybridized carbons (Fsp3) is 0.467. The average Bonchev–Trinajstić information content (AvgIpc) is 2.69. The van der Waals surface area contributed by atoms with Gasteiger partial charge in [-0.2, -0.15) is 0 Å². The first kappa shape index (κ1) is 12.4. The number of hydrogen-bond acceptors (Lipinski definition) is 4. The van der Waals surface area contributed by atoms with Gasteiger partial charge in [-0.15, -0.1) is 0 Å². The molecule has 0 aliphatic carbocycles. The Balaban J connectivity index is 1.91. The second-order valence-corrected chi connectivity index (χ2v) is 5.86. The smallest absolute Gasteiger partial charge is 0.137 e. The highest BCUT2D eigenvalue weighted by Gasteiger charge is 2.32. The van der Waals surface area contributed by atoms with E-state index in [0.29, 0.717) is 6.04 Å². The van der Waals surface area contributed by atoms with E-state index >= 15 is 0 Å². The molecular formula is C15H19N3O. The molecule has 1 atom stereocenters. The molecule has 0 spiro atoms. The van der Waals surface area contributed by atoms with Crippen molar-refractivity contribution in [3.8, 4) is 0 Å².